The van der Waals surface area contributed by atoms with Crippen molar-refractivity contribution in [3.8, 4) is 16.9 Å². The number of hydrogen-bond donors (Lipinski definition) is 1. The van der Waals surface area contributed by atoms with E-state index in [4.69, 9.17) is 10.5 Å². The fourth-order valence-corrected chi connectivity index (χ4v) is 2.61. The zero-order valence-electron chi connectivity index (χ0n) is 13.3. The molecule has 2 N–H and O–H groups in total. The maximum absolute atomic E-state index is 6.13. The Morgan fingerprint density at radius 1 is 1.18 bits per heavy atom. The summed E-state index contributed by atoms with van der Waals surface area (Å²) in [4.78, 5) is 8.59. The first-order valence-electron chi connectivity index (χ1n) is 7.18. The third-order valence-corrected chi connectivity index (χ3v) is 3.72. The molecule has 0 radical (unpaired) electrons. The largest absolute Gasteiger partial charge is 0.497 e. The fourth-order valence-electron chi connectivity index (χ4n) is 2.61. The first-order valence-corrected chi connectivity index (χ1v) is 7.18. The number of ether oxygens (including phenoxy) is 1. The van der Waals surface area contributed by atoms with Crippen LogP contribution in [-0.4, -0.2) is 21.6 Å². The van der Waals surface area contributed by atoms with Crippen molar-refractivity contribution >= 4 is 16.9 Å². The molecular weight excluding hydrogens is 276 g/mol. The molecule has 5 heteroatoms. The number of nitrogens with two attached hydrogens (primary N) is 1. The number of benzene rings is 1. The molecule has 0 atom stereocenters. The Hall–Kier alpha value is -2.56. The van der Waals surface area contributed by atoms with Crippen molar-refractivity contribution in [1.82, 2.24) is 14.5 Å². The summed E-state index contributed by atoms with van der Waals surface area (Å²) in [6.07, 6.45) is 3.60. The summed E-state index contributed by atoms with van der Waals surface area (Å²) in [6.45, 7) is 6.42. The van der Waals surface area contributed by atoms with E-state index in [2.05, 4.69) is 41.5 Å². The highest BCUT2D eigenvalue weighted by molar-refractivity contribution is 6.00. The van der Waals surface area contributed by atoms with E-state index in [9.17, 15) is 0 Å². The molecule has 3 aromatic rings. The first-order chi connectivity index (χ1) is 10.4. The molecule has 0 amide bonds. The van der Waals surface area contributed by atoms with Gasteiger partial charge in [0, 0.05) is 17.3 Å². The van der Waals surface area contributed by atoms with Crippen molar-refractivity contribution in [2.75, 3.05) is 12.8 Å². The Labute approximate surface area is 129 Å². The molecule has 22 heavy (non-hydrogen) atoms. The van der Waals surface area contributed by atoms with Crippen LogP contribution in [0.5, 0.6) is 5.75 Å². The van der Waals surface area contributed by atoms with E-state index in [1.165, 1.54) is 6.33 Å². The number of hydrogen-bond acceptors (Lipinski definition) is 4. The van der Waals surface area contributed by atoms with Crippen molar-refractivity contribution in [1.29, 1.82) is 0 Å². The maximum atomic E-state index is 6.13. The van der Waals surface area contributed by atoms with Gasteiger partial charge in [0.05, 0.1) is 12.5 Å². The van der Waals surface area contributed by atoms with E-state index < -0.39 is 0 Å². The first kappa shape index (κ1) is 14.4. The van der Waals surface area contributed by atoms with Gasteiger partial charge >= 0.3 is 0 Å². The third kappa shape index (κ3) is 2.28. The molecule has 0 saturated heterocycles. The third-order valence-electron chi connectivity index (χ3n) is 3.72. The van der Waals surface area contributed by atoms with E-state index in [0.717, 1.165) is 27.9 Å². The fraction of sp³-hybridized carbons (Fsp3) is 0.294. The second kappa shape index (κ2) is 5.02. The predicted octanol–water partition coefficient (Wildman–Crippen LogP) is 3.44. The van der Waals surface area contributed by atoms with Gasteiger partial charge in [-0.1, -0.05) is 12.1 Å². The van der Waals surface area contributed by atoms with Crippen LogP contribution >= 0.6 is 0 Å². The number of methoxy groups -OCH3 is 1. The summed E-state index contributed by atoms with van der Waals surface area (Å²) in [7, 11) is 1.66. The summed E-state index contributed by atoms with van der Waals surface area (Å²) in [5.41, 5.74) is 8.92. The molecule has 114 valence electrons. The van der Waals surface area contributed by atoms with Gasteiger partial charge in [0.25, 0.3) is 0 Å². The lowest BCUT2D eigenvalue weighted by Crippen LogP contribution is -2.21. The smallest absolute Gasteiger partial charge is 0.146 e. The molecule has 0 fully saturated rings. The lowest BCUT2D eigenvalue weighted by molar-refractivity contribution is 0.408. The van der Waals surface area contributed by atoms with E-state index in [1.807, 2.05) is 24.3 Å². The van der Waals surface area contributed by atoms with Gasteiger partial charge in [0.2, 0.25) is 0 Å². The summed E-state index contributed by atoms with van der Waals surface area (Å²) in [6, 6.07) is 7.92. The monoisotopic (exact) mass is 296 g/mol. The minimum atomic E-state index is -0.101. The Morgan fingerprint density at radius 2 is 1.95 bits per heavy atom. The lowest BCUT2D eigenvalue weighted by atomic mass is 10.1. The Kier molecular flexibility index (Phi) is 3.28. The molecule has 0 unspecified atom stereocenters. The molecule has 0 bridgehead atoms. The van der Waals surface area contributed by atoms with Crippen LogP contribution in [-0.2, 0) is 5.54 Å². The predicted molar refractivity (Wildman–Crippen MR) is 88.9 cm³/mol. The minimum absolute atomic E-state index is 0.101. The topological polar surface area (TPSA) is 66.0 Å². The van der Waals surface area contributed by atoms with Gasteiger partial charge in [-0.2, -0.15) is 0 Å². The van der Waals surface area contributed by atoms with E-state index in [-0.39, 0.29) is 5.54 Å². The average molecular weight is 296 g/mol. The highest BCUT2D eigenvalue weighted by Gasteiger charge is 2.21. The molecule has 0 aliphatic carbocycles. The molecule has 0 aliphatic rings. The standard InChI is InChI=1S/C17H20N4O/c1-17(2,3)21-9-13(11-6-5-7-12(8-11)22-4)14-15(18)19-10-20-16(14)21/h5-10H,1-4H3,(H2,18,19,20). The number of nitrogens with zero attached hydrogens (tertiary/aromatic N) is 3. The van der Waals surface area contributed by atoms with Crippen LogP contribution in [0, 0.1) is 0 Å². The quantitative estimate of drug-likeness (QED) is 0.786. The SMILES string of the molecule is COc1cccc(-c2cn(C(C)(C)C)c3ncnc(N)c23)c1. The highest BCUT2D eigenvalue weighted by atomic mass is 16.5. The normalized spacial score (nSPS) is 11.8. The zero-order chi connectivity index (χ0) is 15.9. The number of anilines is 1. The molecule has 5 nitrogen and oxygen atoms in total. The zero-order valence-corrected chi connectivity index (χ0v) is 13.3. The van der Waals surface area contributed by atoms with Crippen LogP contribution in [0.1, 0.15) is 20.8 Å². The van der Waals surface area contributed by atoms with Crippen molar-refractivity contribution in [3.05, 3.63) is 36.8 Å². The van der Waals surface area contributed by atoms with Gasteiger partial charge in [-0.05, 0) is 38.5 Å². The summed E-state index contributed by atoms with van der Waals surface area (Å²) >= 11 is 0. The maximum Gasteiger partial charge on any atom is 0.146 e. The van der Waals surface area contributed by atoms with E-state index in [0.29, 0.717) is 5.82 Å². The highest BCUT2D eigenvalue weighted by Crippen LogP contribution is 2.36. The number of aromatic nitrogens is 3. The van der Waals surface area contributed by atoms with Crippen molar-refractivity contribution in [3.63, 3.8) is 0 Å². The second-order valence-corrected chi connectivity index (χ2v) is 6.27. The molecule has 3 rings (SSSR count). The van der Waals surface area contributed by atoms with Crippen LogP contribution in [0.25, 0.3) is 22.2 Å². The van der Waals surface area contributed by atoms with Crippen LogP contribution in [0.2, 0.25) is 0 Å². The van der Waals surface area contributed by atoms with Crippen LogP contribution in [0.15, 0.2) is 36.8 Å². The van der Waals surface area contributed by atoms with Gasteiger partial charge in [-0.3, -0.25) is 0 Å². The summed E-state index contributed by atoms with van der Waals surface area (Å²) in [5.74, 6) is 1.30. The summed E-state index contributed by atoms with van der Waals surface area (Å²) in [5, 5.41) is 0.880. The number of nitrogen functional groups attached to an aromatic ring is 1. The molecule has 2 heterocycles. The average Bonchev–Trinajstić information content (AvgIpc) is 2.88. The summed E-state index contributed by atoms with van der Waals surface area (Å²) < 4.78 is 7.46. The number of rotatable bonds is 2. The van der Waals surface area contributed by atoms with Crippen molar-refractivity contribution < 1.29 is 4.74 Å². The Bertz CT molecular complexity index is 830. The molecule has 0 saturated carbocycles. The van der Waals surface area contributed by atoms with E-state index >= 15 is 0 Å². The van der Waals surface area contributed by atoms with Gasteiger partial charge < -0.3 is 15.0 Å². The molecule has 2 aromatic heterocycles. The molecule has 0 aliphatic heterocycles. The second-order valence-electron chi connectivity index (χ2n) is 6.27. The van der Waals surface area contributed by atoms with Crippen molar-refractivity contribution in [2.45, 2.75) is 26.3 Å². The van der Waals surface area contributed by atoms with E-state index in [1.54, 1.807) is 7.11 Å². The van der Waals surface area contributed by atoms with Gasteiger partial charge in [0.15, 0.2) is 0 Å². The molecular formula is C17H20N4O. The van der Waals surface area contributed by atoms with Crippen molar-refractivity contribution in [2.24, 2.45) is 0 Å². The lowest BCUT2D eigenvalue weighted by Gasteiger charge is -2.21. The molecule has 0 spiro atoms. The van der Waals surface area contributed by atoms with Crippen LogP contribution in [0.4, 0.5) is 5.82 Å². The van der Waals surface area contributed by atoms with Gasteiger partial charge in [0.1, 0.15) is 23.5 Å². The Balaban J connectivity index is 2.34. The number of fused-ring (bicyclic) bond motifs is 1. The minimum Gasteiger partial charge on any atom is -0.497 e. The van der Waals surface area contributed by atoms with Gasteiger partial charge in [-0.25, -0.2) is 9.97 Å². The Morgan fingerprint density at radius 3 is 2.64 bits per heavy atom. The van der Waals surface area contributed by atoms with Crippen LogP contribution in [0.3, 0.4) is 0 Å². The van der Waals surface area contributed by atoms with Gasteiger partial charge in [-0.15, -0.1) is 0 Å². The van der Waals surface area contributed by atoms with Crippen LogP contribution < -0.4 is 10.5 Å². The molecule has 1 aromatic carbocycles.